The molecule has 0 saturated heterocycles. The van der Waals surface area contributed by atoms with Crippen LogP contribution in [0.4, 0.5) is 0 Å². The zero-order valence-electron chi connectivity index (χ0n) is 14.9. The summed E-state index contributed by atoms with van der Waals surface area (Å²) in [6.45, 7) is 2.22. The maximum absolute atomic E-state index is 12.6. The first-order valence-electron chi connectivity index (χ1n) is 8.21. The van der Waals surface area contributed by atoms with Gasteiger partial charge in [0.2, 0.25) is 0 Å². The minimum atomic E-state index is -0.685. The van der Waals surface area contributed by atoms with Crippen LogP contribution in [0.5, 0.6) is 5.75 Å². The van der Waals surface area contributed by atoms with Gasteiger partial charge in [0.15, 0.2) is 0 Å². The van der Waals surface area contributed by atoms with E-state index < -0.39 is 5.60 Å². The van der Waals surface area contributed by atoms with Crippen LogP contribution in [-0.2, 0) is 10.3 Å². The fourth-order valence-electron chi connectivity index (χ4n) is 2.81. The van der Waals surface area contributed by atoms with Gasteiger partial charge in [0.25, 0.3) is 5.91 Å². The summed E-state index contributed by atoms with van der Waals surface area (Å²) in [4.78, 5) is 15.7. The van der Waals surface area contributed by atoms with Crippen LogP contribution in [0.1, 0.15) is 23.0 Å². The smallest absolute Gasteiger partial charge is 0.267 e. The first-order valence-corrected chi connectivity index (χ1v) is 8.59. The van der Waals surface area contributed by atoms with E-state index in [0.29, 0.717) is 17.3 Å². The Labute approximate surface area is 157 Å². The maximum Gasteiger partial charge on any atom is 0.267 e. The van der Waals surface area contributed by atoms with Crippen LogP contribution in [0.15, 0.2) is 48.5 Å². The lowest BCUT2D eigenvalue weighted by Crippen LogP contribution is -2.40. The predicted molar refractivity (Wildman–Crippen MR) is 103 cm³/mol. The minimum absolute atomic E-state index is 0.203. The van der Waals surface area contributed by atoms with Gasteiger partial charge in [-0.05, 0) is 42.8 Å². The summed E-state index contributed by atoms with van der Waals surface area (Å²) in [6, 6.07) is 14.9. The molecule has 0 spiro atoms. The molecule has 1 amide bonds. The van der Waals surface area contributed by atoms with Gasteiger partial charge >= 0.3 is 0 Å². The van der Waals surface area contributed by atoms with Crippen LogP contribution in [0, 0.1) is 0 Å². The number of ether oxygens (including phenoxy) is 2. The fourth-order valence-corrected chi connectivity index (χ4v) is 3.00. The van der Waals surface area contributed by atoms with Gasteiger partial charge in [0, 0.05) is 29.1 Å². The molecule has 1 atom stereocenters. The topological polar surface area (TPSA) is 63.4 Å². The van der Waals surface area contributed by atoms with Gasteiger partial charge in [-0.25, -0.2) is 0 Å². The van der Waals surface area contributed by atoms with Crippen molar-refractivity contribution in [3.05, 3.63) is 64.8 Å². The molecule has 5 nitrogen and oxygen atoms in total. The third-order valence-corrected chi connectivity index (χ3v) is 4.78. The molecule has 0 fully saturated rings. The second-order valence-corrected chi connectivity index (χ2v) is 6.70. The van der Waals surface area contributed by atoms with Crippen molar-refractivity contribution in [1.82, 2.24) is 10.3 Å². The summed E-state index contributed by atoms with van der Waals surface area (Å²) in [5.41, 5.74) is 1.54. The Hall–Kier alpha value is -2.50. The van der Waals surface area contributed by atoms with E-state index in [0.717, 1.165) is 22.2 Å². The Morgan fingerprint density at radius 3 is 2.69 bits per heavy atom. The number of benzene rings is 2. The zero-order chi connectivity index (χ0) is 18.7. The normalized spacial score (nSPS) is 13.4. The van der Waals surface area contributed by atoms with E-state index in [-0.39, 0.29) is 5.91 Å². The van der Waals surface area contributed by atoms with E-state index in [2.05, 4.69) is 10.3 Å². The summed E-state index contributed by atoms with van der Waals surface area (Å²) in [5.74, 6) is 0.532. The molecule has 1 unspecified atom stereocenters. The number of H-pyrrole nitrogens is 1. The van der Waals surface area contributed by atoms with Crippen LogP contribution in [0.2, 0.25) is 5.02 Å². The first kappa shape index (κ1) is 18.3. The Balaban J connectivity index is 1.76. The standard InChI is InChI=1S/C20H21ClN2O3/c1-20(26-3,14-5-4-6-15(21)10-14)12-22-19(24)18-9-13-7-8-16(25-2)11-17(13)23-18/h4-11,23H,12H2,1-3H3,(H,22,24). The molecule has 26 heavy (non-hydrogen) atoms. The van der Waals surface area contributed by atoms with Crippen LogP contribution >= 0.6 is 11.6 Å². The highest BCUT2D eigenvalue weighted by atomic mass is 35.5. The van der Waals surface area contributed by atoms with Crippen LogP contribution in [0.25, 0.3) is 10.9 Å². The molecule has 0 aliphatic rings. The highest BCUT2D eigenvalue weighted by Crippen LogP contribution is 2.26. The molecule has 0 aliphatic heterocycles. The minimum Gasteiger partial charge on any atom is -0.497 e. The molecular formula is C20H21ClN2O3. The molecule has 6 heteroatoms. The SMILES string of the molecule is COc1ccc2cc(C(=O)NCC(C)(OC)c3cccc(Cl)c3)[nH]c2c1. The van der Waals surface area contributed by atoms with E-state index >= 15 is 0 Å². The van der Waals surface area contributed by atoms with Crippen LogP contribution in [-0.4, -0.2) is 31.7 Å². The monoisotopic (exact) mass is 372 g/mol. The van der Waals surface area contributed by atoms with Gasteiger partial charge < -0.3 is 19.8 Å². The number of carbonyl (C=O) groups is 1. The number of halogens is 1. The summed E-state index contributed by atoms with van der Waals surface area (Å²) >= 11 is 6.08. The van der Waals surface area contributed by atoms with Crippen molar-refractivity contribution in [2.45, 2.75) is 12.5 Å². The molecule has 0 radical (unpaired) electrons. The van der Waals surface area contributed by atoms with E-state index in [9.17, 15) is 4.79 Å². The first-order chi connectivity index (χ1) is 12.4. The lowest BCUT2D eigenvalue weighted by atomic mass is 9.95. The van der Waals surface area contributed by atoms with Gasteiger partial charge in [-0.2, -0.15) is 0 Å². The summed E-state index contributed by atoms with van der Waals surface area (Å²) in [5, 5.41) is 4.50. The van der Waals surface area contributed by atoms with Gasteiger partial charge in [-0.1, -0.05) is 23.7 Å². The molecule has 1 aromatic heterocycles. The second-order valence-electron chi connectivity index (χ2n) is 6.26. The largest absolute Gasteiger partial charge is 0.497 e. The Bertz CT molecular complexity index is 938. The number of aromatic nitrogens is 1. The summed E-state index contributed by atoms with van der Waals surface area (Å²) < 4.78 is 10.9. The van der Waals surface area contributed by atoms with Crippen molar-refractivity contribution in [3.63, 3.8) is 0 Å². The number of hydrogen-bond donors (Lipinski definition) is 2. The molecule has 1 heterocycles. The molecule has 2 N–H and O–H groups in total. The van der Waals surface area contributed by atoms with Crippen molar-refractivity contribution in [2.24, 2.45) is 0 Å². The average Bonchev–Trinajstić information content (AvgIpc) is 3.09. The van der Waals surface area contributed by atoms with Crippen molar-refractivity contribution >= 4 is 28.4 Å². The highest BCUT2D eigenvalue weighted by Gasteiger charge is 2.27. The molecular weight excluding hydrogens is 352 g/mol. The Kier molecular flexibility index (Phi) is 5.20. The van der Waals surface area contributed by atoms with Crippen LogP contribution < -0.4 is 10.1 Å². The maximum atomic E-state index is 12.6. The number of rotatable bonds is 6. The number of fused-ring (bicyclic) bond motifs is 1. The van der Waals surface area contributed by atoms with E-state index in [1.165, 1.54) is 0 Å². The molecule has 0 saturated carbocycles. The molecule has 0 aliphatic carbocycles. The second kappa shape index (κ2) is 7.40. The van der Waals surface area contributed by atoms with Gasteiger partial charge in [0.05, 0.1) is 13.7 Å². The molecule has 2 aromatic carbocycles. The zero-order valence-corrected chi connectivity index (χ0v) is 15.7. The summed E-state index contributed by atoms with van der Waals surface area (Å²) in [6.07, 6.45) is 0. The number of carbonyl (C=O) groups excluding carboxylic acids is 1. The average molecular weight is 373 g/mol. The van der Waals surface area contributed by atoms with Crippen molar-refractivity contribution in [1.29, 1.82) is 0 Å². The predicted octanol–water partition coefficient (Wildman–Crippen LogP) is 4.12. The third kappa shape index (κ3) is 3.69. The third-order valence-electron chi connectivity index (χ3n) is 4.55. The van der Waals surface area contributed by atoms with E-state index in [1.807, 2.05) is 49.4 Å². The number of methoxy groups -OCH3 is 2. The van der Waals surface area contributed by atoms with Crippen molar-refractivity contribution in [2.75, 3.05) is 20.8 Å². The quantitative estimate of drug-likeness (QED) is 0.684. The molecule has 136 valence electrons. The number of aromatic amines is 1. The number of hydrogen-bond acceptors (Lipinski definition) is 3. The lowest BCUT2D eigenvalue weighted by Gasteiger charge is -2.29. The molecule has 0 bridgehead atoms. The van der Waals surface area contributed by atoms with Gasteiger partial charge in [0.1, 0.15) is 17.0 Å². The van der Waals surface area contributed by atoms with Crippen LogP contribution in [0.3, 0.4) is 0 Å². The van der Waals surface area contributed by atoms with Gasteiger partial charge in [-0.15, -0.1) is 0 Å². The number of amides is 1. The molecule has 3 aromatic rings. The summed E-state index contributed by atoms with van der Waals surface area (Å²) in [7, 11) is 3.22. The van der Waals surface area contributed by atoms with Gasteiger partial charge in [-0.3, -0.25) is 4.79 Å². The lowest BCUT2D eigenvalue weighted by molar-refractivity contribution is 0.00312. The van der Waals surface area contributed by atoms with E-state index in [1.54, 1.807) is 20.3 Å². The Morgan fingerprint density at radius 1 is 1.19 bits per heavy atom. The van der Waals surface area contributed by atoms with Crippen molar-refractivity contribution < 1.29 is 14.3 Å². The Morgan fingerprint density at radius 2 is 2.00 bits per heavy atom. The van der Waals surface area contributed by atoms with E-state index in [4.69, 9.17) is 21.1 Å². The number of nitrogens with one attached hydrogen (secondary N) is 2. The highest BCUT2D eigenvalue weighted by molar-refractivity contribution is 6.30. The van der Waals surface area contributed by atoms with Crippen molar-refractivity contribution in [3.8, 4) is 5.75 Å². The fraction of sp³-hybridized carbons (Fsp3) is 0.250. The molecule has 3 rings (SSSR count).